The quantitative estimate of drug-likeness (QED) is 0.656. The average molecular weight is 398 g/mol. The molecule has 6 nitrogen and oxygen atoms in total. The molecule has 0 radical (unpaired) electrons. The summed E-state index contributed by atoms with van der Waals surface area (Å²) in [7, 11) is -0.207. The number of rotatable bonds is 6. The van der Waals surface area contributed by atoms with Crippen molar-refractivity contribution in [1.29, 1.82) is 0 Å². The SMILES string of the molecule is CCc1ccc(NS(=O)(=O)c2cccc3c(N(C)C)cccc23)c(C(=O)O)c1. The fourth-order valence-electron chi connectivity index (χ4n) is 3.17. The molecule has 0 heterocycles. The highest BCUT2D eigenvalue weighted by Crippen LogP contribution is 2.31. The topological polar surface area (TPSA) is 86.7 Å². The molecule has 0 unspecified atom stereocenters. The molecule has 0 atom stereocenters. The number of hydrogen-bond donors (Lipinski definition) is 2. The highest BCUT2D eigenvalue weighted by molar-refractivity contribution is 7.93. The van der Waals surface area contributed by atoms with E-state index in [1.807, 2.05) is 38.1 Å². The molecule has 0 fully saturated rings. The first-order valence-electron chi connectivity index (χ1n) is 8.82. The number of hydrogen-bond acceptors (Lipinski definition) is 4. The number of nitrogens with zero attached hydrogens (tertiary/aromatic N) is 1. The van der Waals surface area contributed by atoms with Crippen LogP contribution in [-0.2, 0) is 16.4 Å². The molecule has 0 saturated carbocycles. The molecular formula is C21H22N2O4S. The highest BCUT2D eigenvalue weighted by atomic mass is 32.2. The lowest BCUT2D eigenvalue weighted by atomic mass is 10.1. The van der Waals surface area contributed by atoms with Crippen LogP contribution in [0, 0.1) is 0 Å². The average Bonchev–Trinajstić information content (AvgIpc) is 2.66. The molecule has 2 N–H and O–H groups in total. The molecular weight excluding hydrogens is 376 g/mol. The molecule has 28 heavy (non-hydrogen) atoms. The molecule has 0 spiro atoms. The van der Waals surface area contributed by atoms with Crippen molar-refractivity contribution in [2.45, 2.75) is 18.2 Å². The predicted octanol–water partition coefficient (Wildman–Crippen LogP) is 3.97. The Morgan fingerprint density at radius 1 is 1.04 bits per heavy atom. The van der Waals surface area contributed by atoms with Gasteiger partial charge in [0, 0.05) is 30.6 Å². The van der Waals surface area contributed by atoms with E-state index in [-0.39, 0.29) is 16.1 Å². The van der Waals surface area contributed by atoms with Crippen molar-refractivity contribution in [2.24, 2.45) is 0 Å². The van der Waals surface area contributed by atoms with Crippen molar-refractivity contribution >= 4 is 38.1 Å². The molecule has 0 bridgehead atoms. The Morgan fingerprint density at radius 3 is 2.36 bits per heavy atom. The Bertz CT molecular complexity index is 1150. The lowest BCUT2D eigenvalue weighted by molar-refractivity contribution is 0.0698. The normalized spacial score (nSPS) is 11.4. The summed E-state index contributed by atoms with van der Waals surface area (Å²) in [5.74, 6) is -1.18. The van der Waals surface area contributed by atoms with E-state index in [0.29, 0.717) is 11.8 Å². The Labute approximate surface area is 164 Å². The van der Waals surface area contributed by atoms with Crippen LogP contribution >= 0.6 is 0 Å². The summed E-state index contributed by atoms with van der Waals surface area (Å²) in [6, 6.07) is 15.2. The van der Waals surface area contributed by atoms with E-state index in [9.17, 15) is 18.3 Å². The van der Waals surface area contributed by atoms with Crippen LogP contribution in [0.5, 0.6) is 0 Å². The van der Waals surface area contributed by atoms with Gasteiger partial charge < -0.3 is 10.0 Å². The number of fused-ring (bicyclic) bond motifs is 1. The second-order valence-electron chi connectivity index (χ2n) is 6.67. The van der Waals surface area contributed by atoms with E-state index in [4.69, 9.17) is 0 Å². The summed E-state index contributed by atoms with van der Waals surface area (Å²) in [6.07, 6.45) is 0.657. The number of carbonyl (C=O) groups is 1. The fourth-order valence-corrected chi connectivity index (χ4v) is 4.47. The van der Waals surface area contributed by atoms with E-state index in [2.05, 4.69) is 4.72 Å². The van der Waals surface area contributed by atoms with Crippen molar-refractivity contribution in [3.05, 3.63) is 65.7 Å². The summed E-state index contributed by atoms with van der Waals surface area (Å²) < 4.78 is 28.7. The maximum Gasteiger partial charge on any atom is 0.337 e. The first-order valence-corrected chi connectivity index (χ1v) is 10.3. The van der Waals surface area contributed by atoms with Crippen molar-refractivity contribution in [3.8, 4) is 0 Å². The number of sulfonamides is 1. The molecule has 3 aromatic rings. The van der Waals surface area contributed by atoms with Gasteiger partial charge in [-0.05, 0) is 36.2 Å². The fraction of sp³-hybridized carbons (Fsp3) is 0.190. The molecule has 146 valence electrons. The lowest BCUT2D eigenvalue weighted by Crippen LogP contribution is -2.16. The van der Waals surface area contributed by atoms with Gasteiger partial charge in [0.2, 0.25) is 0 Å². The minimum absolute atomic E-state index is 0.0467. The maximum absolute atomic E-state index is 13.1. The summed E-state index contributed by atoms with van der Waals surface area (Å²) in [5.41, 5.74) is 1.69. The Balaban J connectivity index is 2.13. The van der Waals surface area contributed by atoms with Crippen molar-refractivity contribution in [2.75, 3.05) is 23.7 Å². The minimum atomic E-state index is -3.99. The van der Waals surface area contributed by atoms with Gasteiger partial charge in [0.05, 0.1) is 16.1 Å². The molecule has 0 aliphatic carbocycles. The minimum Gasteiger partial charge on any atom is -0.478 e. The first kappa shape index (κ1) is 19.7. The Morgan fingerprint density at radius 2 is 1.71 bits per heavy atom. The summed E-state index contributed by atoms with van der Waals surface area (Å²) in [5, 5.41) is 10.9. The number of carboxylic acid groups (broad SMARTS) is 1. The van der Waals surface area contributed by atoms with Crippen LogP contribution < -0.4 is 9.62 Å². The predicted molar refractivity (Wildman–Crippen MR) is 112 cm³/mol. The van der Waals surface area contributed by atoms with Gasteiger partial charge in [-0.3, -0.25) is 4.72 Å². The van der Waals surface area contributed by atoms with Crippen molar-refractivity contribution in [1.82, 2.24) is 0 Å². The van der Waals surface area contributed by atoms with Crippen LogP contribution in [0.15, 0.2) is 59.5 Å². The number of anilines is 2. The molecule has 0 aliphatic heterocycles. The second kappa shape index (κ2) is 7.52. The van der Waals surface area contributed by atoms with Crippen LogP contribution in [-0.4, -0.2) is 33.6 Å². The number of aromatic carboxylic acids is 1. The summed E-state index contributed by atoms with van der Waals surface area (Å²) in [4.78, 5) is 13.6. The smallest absolute Gasteiger partial charge is 0.337 e. The number of benzene rings is 3. The molecule has 0 amide bonds. The van der Waals surface area contributed by atoms with Crippen LogP contribution in [0.2, 0.25) is 0 Å². The van der Waals surface area contributed by atoms with Gasteiger partial charge in [0.1, 0.15) is 0 Å². The van der Waals surface area contributed by atoms with Gasteiger partial charge in [-0.15, -0.1) is 0 Å². The third-order valence-corrected chi connectivity index (χ3v) is 6.02. The van der Waals surface area contributed by atoms with Crippen LogP contribution in [0.3, 0.4) is 0 Å². The standard InChI is InChI=1S/C21H22N2O4S/c1-4-14-11-12-18(17(13-14)21(24)25)22-28(26,27)20-10-6-7-15-16(20)8-5-9-19(15)23(2)3/h5-13,22H,4H2,1-3H3,(H,24,25). The van der Waals surface area contributed by atoms with E-state index < -0.39 is 16.0 Å². The van der Waals surface area contributed by atoms with Crippen molar-refractivity contribution in [3.63, 3.8) is 0 Å². The summed E-state index contributed by atoms with van der Waals surface area (Å²) >= 11 is 0. The molecule has 7 heteroatoms. The van der Waals surface area contributed by atoms with Gasteiger partial charge >= 0.3 is 5.97 Å². The third kappa shape index (κ3) is 3.66. The summed E-state index contributed by atoms with van der Waals surface area (Å²) in [6.45, 7) is 1.91. The number of carboxylic acids is 1. The van der Waals surface area contributed by atoms with Crippen LogP contribution in [0.4, 0.5) is 11.4 Å². The molecule has 3 rings (SSSR count). The zero-order valence-electron chi connectivity index (χ0n) is 15.9. The van der Waals surface area contributed by atoms with Gasteiger partial charge in [0.25, 0.3) is 10.0 Å². The van der Waals surface area contributed by atoms with Gasteiger partial charge in [-0.25, -0.2) is 13.2 Å². The van der Waals surface area contributed by atoms with Crippen LogP contribution in [0.1, 0.15) is 22.8 Å². The molecule has 0 aromatic heterocycles. The van der Waals surface area contributed by atoms with Gasteiger partial charge in [-0.2, -0.15) is 0 Å². The van der Waals surface area contributed by atoms with Crippen LogP contribution in [0.25, 0.3) is 10.8 Å². The number of aryl methyl sites for hydroxylation is 1. The first-order chi connectivity index (χ1) is 13.2. The monoisotopic (exact) mass is 398 g/mol. The maximum atomic E-state index is 13.1. The molecule has 0 aliphatic rings. The Hall–Kier alpha value is -3.06. The zero-order valence-corrected chi connectivity index (χ0v) is 16.7. The Kier molecular flexibility index (Phi) is 5.29. The molecule has 3 aromatic carbocycles. The third-order valence-electron chi connectivity index (χ3n) is 4.60. The van der Waals surface area contributed by atoms with E-state index in [1.54, 1.807) is 24.3 Å². The van der Waals surface area contributed by atoms with E-state index in [0.717, 1.165) is 16.6 Å². The van der Waals surface area contributed by atoms with Gasteiger partial charge in [-0.1, -0.05) is 37.3 Å². The largest absolute Gasteiger partial charge is 0.478 e. The lowest BCUT2D eigenvalue weighted by Gasteiger charge is -2.17. The van der Waals surface area contributed by atoms with E-state index >= 15 is 0 Å². The van der Waals surface area contributed by atoms with Gasteiger partial charge in [0.15, 0.2) is 0 Å². The number of nitrogens with one attached hydrogen (secondary N) is 1. The van der Waals surface area contributed by atoms with E-state index in [1.165, 1.54) is 18.2 Å². The second-order valence-corrected chi connectivity index (χ2v) is 8.32. The molecule has 0 saturated heterocycles. The highest BCUT2D eigenvalue weighted by Gasteiger charge is 2.21. The zero-order chi connectivity index (χ0) is 20.5. The van der Waals surface area contributed by atoms with Crippen molar-refractivity contribution < 1.29 is 18.3 Å².